The molecule has 1 atom stereocenters. The van der Waals surface area contributed by atoms with E-state index in [9.17, 15) is 4.79 Å². The Morgan fingerprint density at radius 1 is 1.19 bits per heavy atom. The maximum Gasteiger partial charge on any atom is 0.251 e. The van der Waals surface area contributed by atoms with Gasteiger partial charge in [0.1, 0.15) is 12.4 Å². The van der Waals surface area contributed by atoms with Crippen LogP contribution in [0, 0.1) is 13.8 Å². The highest BCUT2D eigenvalue weighted by Gasteiger charge is 2.21. The zero-order chi connectivity index (χ0) is 18.8. The van der Waals surface area contributed by atoms with Gasteiger partial charge in [-0.05, 0) is 55.7 Å². The summed E-state index contributed by atoms with van der Waals surface area (Å²) >= 11 is 0. The van der Waals surface area contributed by atoms with E-state index in [0.29, 0.717) is 18.7 Å². The lowest BCUT2D eigenvalue weighted by atomic mass is 10.0. The highest BCUT2D eigenvalue weighted by atomic mass is 16.5. The molecule has 0 unspecified atom stereocenters. The van der Waals surface area contributed by atoms with Crippen molar-refractivity contribution in [3.8, 4) is 5.75 Å². The van der Waals surface area contributed by atoms with Crippen LogP contribution in [0.3, 0.4) is 0 Å². The van der Waals surface area contributed by atoms with E-state index < -0.39 is 0 Å². The second-order valence-electron chi connectivity index (χ2n) is 7.07. The number of nitrogens with zero attached hydrogens (tertiary/aromatic N) is 2. The molecule has 3 aromatic rings. The van der Waals surface area contributed by atoms with Crippen molar-refractivity contribution in [1.82, 2.24) is 15.1 Å². The van der Waals surface area contributed by atoms with Gasteiger partial charge in [-0.25, -0.2) is 0 Å². The van der Waals surface area contributed by atoms with E-state index in [4.69, 9.17) is 4.74 Å². The number of hydrogen-bond acceptors (Lipinski definition) is 3. The van der Waals surface area contributed by atoms with Crippen LogP contribution >= 0.6 is 0 Å². The number of nitrogens with one attached hydrogen (secondary N) is 1. The monoisotopic (exact) mass is 361 g/mol. The lowest BCUT2D eigenvalue weighted by Gasteiger charge is -2.26. The van der Waals surface area contributed by atoms with E-state index in [2.05, 4.69) is 16.5 Å². The third-order valence-corrected chi connectivity index (χ3v) is 4.87. The van der Waals surface area contributed by atoms with Crippen LogP contribution in [0.4, 0.5) is 0 Å². The minimum absolute atomic E-state index is 0.0122. The standard InChI is InChI=1S/C22H23N3O2/c1-15-11-16(2)25(24-15)13-17-7-9-18(10-8-17)22(26)23-20-12-19-5-3-4-6-21(19)27-14-20/h3-11,20H,12-14H2,1-2H3,(H,23,26)/t20-/m1/s1. The molecule has 0 fully saturated rings. The van der Waals surface area contributed by atoms with Crippen LogP contribution in [-0.4, -0.2) is 28.3 Å². The summed E-state index contributed by atoms with van der Waals surface area (Å²) in [6, 6.07) is 17.7. The molecule has 0 spiro atoms. The summed E-state index contributed by atoms with van der Waals surface area (Å²) in [7, 11) is 0. The van der Waals surface area contributed by atoms with Gasteiger partial charge in [-0.3, -0.25) is 9.48 Å². The van der Waals surface area contributed by atoms with Crippen molar-refractivity contribution in [2.45, 2.75) is 32.9 Å². The summed E-state index contributed by atoms with van der Waals surface area (Å²) < 4.78 is 7.72. The molecule has 0 radical (unpaired) electrons. The predicted octanol–water partition coefficient (Wildman–Crippen LogP) is 3.28. The third kappa shape index (κ3) is 3.87. The normalized spacial score (nSPS) is 15.7. The fourth-order valence-corrected chi connectivity index (χ4v) is 3.46. The molecule has 0 saturated carbocycles. The van der Waals surface area contributed by atoms with Crippen molar-refractivity contribution in [2.75, 3.05) is 6.61 Å². The van der Waals surface area contributed by atoms with Crippen molar-refractivity contribution in [2.24, 2.45) is 0 Å². The van der Waals surface area contributed by atoms with Crippen molar-refractivity contribution < 1.29 is 9.53 Å². The molecular weight excluding hydrogens is 338 g/mol. The van der Waals surface area contributed by atoms with E-state index >= 15 is 0 Å². The molecule has 1 amide bonds. The van der Waals surface area contributed by atoms with Crippen molar-refractivity contribution in [1.29, 1.82) is 0 Å². The molecule has 4 rings (SSSR count). The number of aromatic nitrogens is 2. The Bertz CT molecular complexity index is 960. The smallest absolute Gasteiger partial charge is 0.251 e. The molecule has 5 nitrogen and oxygen atoms in total. The molecule has 0 aliphatic carbocycles. The second kappa shape index (κ2) is 7.27. The lowest BCUT2D eigenvalue weighted by molar-refractivity contribution is 0.0915. The molecule has 2 heterocycles. The number of rotatable bonds is 4. The number of ether oxygens (including phenoxy) is 1. The number of aryl methyl sites for hydroxylation is 2. The summed E-state index contributed by atoms with van der Waals surface area (Å²) in [5, 5.41) is 7.56. The van der Waals surface area contributed by atoms with Crippen molar-refractivity contribution in [3.05, 3.63) is 82.7 Å². The SMILES string of the molecule is Cc1cc(C)n(Cc2ccc(C(=O)N[C@H]3COc4ccccc4C3)cc2)n1. The average Bonchev–Trinajstić information content (AvgIpc) is 2.99. The number of hydrogen-bond donors (Lipinski definition) is 1. The number of fused-ring (bicyclic) bond motifs is 1. The van der Waals surface area contributed by atoms with Crippen molar-refractivity contribution >= 4 is 5.91 Å². The van der Waals surface area contributed by atoms with Gasteiger partial charge in [0, 0.05) is 11.3 Å². The van der Waals surface area contributed by atoms with Gasteiger partial charge in [0.2, 0.25) is 0 Å². The minimum atomic E-state index is -0.0688. The van der Waals surface area contributed by atoms with Crippen LogP contribution in [0.25, 0.3) is 0 Å². The first-order valence-electron chi connectivity index (χ1n) is 9.20. The molecule has 2 aromatic carbocycles. The average molecular weight is 361 g/mol. The van der Waals surface area contributed by atoms with Crippen LogP contribution < -0.4 is 10.1 Å². The Kier molecular flexibility index (Phi) is 4.67. The summed E-state index contributed by atoms with van der Waals surface area (Å²) in [4.78, 5) is 12.6. The van der Waals surface area contributed by atoms with Gasteiger partial charge >= 0.3 is 0 Å². The van der Waals surface area contributed by atoms with Gasteiger partial charge in [-0.15, -0.1) is 0 Å². The number of para-hydroxylation sites is 1. The molecule has 1 aliphatic rings. The largest absolute Gasteiger partial charge is 0.491 e. The van der Waals surface area contributed by atoms with Gasteiger partial charge < -0.3 is 10.1 Å². The first-order valence-corrected chi connectivity index (χ1v) is 9.20. The van der Waals surface area contributed by atoms with E-state index in [1.54, 1.807) is 0 Å². The predicted molar refractivity (Wildman–Crippen MR) is 104 cm³/mol. The van der Waals surface area contributed by atoms with Crippen molar-refractivity contribution in [3.63, 3.8) is 0 Å². The Morgan fingerprint density at radius 2 is 1.96 bits per heavy atom. The topological polar surface area (TPSA) is 56.2 Å². The van der Waals surface area contributed by atoms with Crippen LogP contribution in [0.1, 0.15) is 32.9 Å². The number of carbonyl (C=O) groups is 1. The quantitative estimate of drug-likeness (QED) is 0.776. The fourth-order valence-electron chi connectivity index (χ4n) is 3.46. The Balaban J connectivity index is 1.39. The van der Waals surface area contributed by atoms with E-state index in [1.807, 2.05) is 67.1 Å². The molecule has 1 aliphatic heterocycles. The molecule has 5 heteroatoms. The molecule has 1 aromatic heterocycles. The van der Waals surface area contributed by atoms with Crippen LogP contribution in [0.15, 0.2) is 54.6 Å². The first kappa shape index (κ1) is 17.3. The lowest BCUT2D eigenvalue weighted by Crippen LogP contribution is -2.42. The maximum atomic E-state index is 12.6. The van der Waals surface area contributed by atoms with Crippen LogP contribution in [0.5, 0.6) is 5.75 Å². The molecule has 0 bridgehead atoms. The van der Waals surface area contributed by atoms with Crippen LogP contribution in [0.2, 0.25) is 0 Å². The third-order valence-electron chi connectivity index (χ3n) is 4.87. The second-order valence-corrected chi connectivity index (χ2v) is 7.07. The summed E-state index contributed by atoms with van der Waals surface area (Å²) in [5.41, 5.74) is 5.06. The Labute approximate surface area is 159 Å². The van der Waals surface area contributed by atoms with Gasteiger partial charge in [-0.2, -0.15) is 5.10 Å². The van der Waals surface area contributed by atoms with Gasteiger partial charge in [-0.1, -0.05) is 30.3 Å². The first-order chi connectivity index (χ1) is 13.1. The van der Waals surface area contributed by atoms with E-state index in [0.717, 1.165) is 34.7 Å². The number of amides is 1. The highest BCUT2D eigenvalue weighted by molar-refractivity contribution is 5.94. The van der Waals surface area contributed by atoms with Gasteiger partial charge in [0.25, 0.3) is 5.91 Å². The number of carbonyl (C=O) groups excluding carboxylic acids is 1. The van der Waals surface area contributed by atoms with Crippen LogP contribution in [-0.2, 0) is 13.0 Å². The molecule has 0 saturated heterocycles. The highest BCUT2D eigenvalue weighted by Crippen LogP contribution is 2.24. The van der Waals surface area contributed by atoms with E-state index in [-0.39, 0.29) is 11.9 Å². The number of benzene rings is 2. The zero-order valence-corrected chi connectivity index (χ0v) is 15.6. The summed E-state index contributed by atoms with van der Waals surface area (Å²) in [6.45, 7) is 5.24. The molecule has 27 heavy (non-hydrogen) atoms. The van der Waals surface area contributed by atoms with Gasteiger partial charge in [0.15, 0.2) is 0 Å². The Morgan fingerprint density at radius 3 is 2.70 bits per heavy atom. The minimum Gasteiger partial charge on any atom is -0.491 e. The molecular formula is C22H23N3O2. The van der Waals surface area contributed by atoms with Gasteiger partial charge in [0.05, 0.1) is 18.3 Å². The zero-order valence-electron chi connectivity index (χ0n) is 15.6. The molecule has 1 N–H and O–H groups in total. The summed E-state index contributed by atoms with van der Waals surface area (Å²) in [5.74, 6) is 0.845. The molecule has 138 valence electrons. The fraction of sp³-hybridized carbons (Fsp3) is 0.273. The summed E-state index contributed by atoms with van der Waals surface area (Å²) in [6.07, 6.45) is 0.790. The Hall–Kier alpha value is -3.08. The van der Waals surface area contributed by atoms with E-state index in [1.165, 1.54) is 0 Å². The maximum absolute atomic E-state index is 12.6.